The first kappa shape index (κ1) is 10.2. The summed E-state index contributed by atoms with van der Waals surface area (Å²) >= 11 is 0. The van der Waals surface area contributed by atoms with Crippen LogP contribution < -0.4 is 0 Å². The van der Waals surface area contributed by atoms with Gasteiger partial charge in [0.2, 0.25) is 0 Å². The molecule has 0 aliphatic carbocycles. The highest BCUT2D eigenvalue weighted by Gasteiger charge is 2.27. The summed E-state index contributed by atoms with van der Waals surface area (Å²) in [6, 6.07) is 0.385. The second kappa shape index (κ2) is 4.04. The van der Waals surface area contributed by atoms with Gasteiger partial charge in [0.05, 0.1) is 0 Å². The molecule has 1 aliphatic rings. The summed E-state index contributed by atoms with van der Waals surface area (Å²) in [6.45, 7) is 5.22. The van der Waals surface area contributed by atoms with Crippen molar-refractivity contribution in [1.29, 1.82) is 0 Å². The molecular formula is C11H17N3O. The van der Waals surface area contributed by atoms with Crippen molar-refractivity contribution in [3.8, 4) is 0 Å². The van der Waals surface area contributed by atoms with Gasteiger partial charge in [0.15, 0.2) is 0 Å². The van der Waals surface area contributed by atoms with Crippen LogP contribution in [0.4, 0.5) is 4.79 Å². The van der Waals surface area contributed by atoms with Crippen molar-refractivity contribution in [3.63, 3.8) is 0 Å². The fraction of sp³-hybridized carbons (Fsp3) is 0.636. The standard InChI is InChI=1S/C11H17N3O/c1-9-3-5-14(10(2)7-9)11(15)13-6-4-12-8-13/h4,6,8-10H,3,5,7H2,1-2H3. The predicted molar refractivity (Wildman–Crippen MR) is 57.6 cm³/mol. The summed E-state index contributed by atoms with van der Waals surface area (Å²) < 4.78 is 1.55. The van der Waals surface area contributed by atoms with Crippen LogP contribution in [0.15, 0.2) is 18.7 Å². The first-order valence-electron chi connectivity index (χ1n) is 5.47. The molecule has 0 radical (unpaired) electrons. The van der Waals surface area contributed by atoms with E-state index < -0.39 is 0 Å². The fourth-order valence-corrected chi connectivity index (χ4v) is 2.21. The van der Waals surface area contributed by atoms with Gasteiger partial charge < -0.3 is 4.90 Å². The van der Waals surface area contributed by atoms with Gasteiger partial charge >= 0.3 is 6.03 Å². The van der Waals surface area contributed by atoms with E-state index in [-0.39, 0.29) is 6.03 Å². The van der Waals surface area contributed by atoms with Crippen molar-refractivity contribution in [2.45, 2.75) is 32.7 Å². The summed E-state index contributed by atoms with van der Waals surface area (Å²) in [4.78, 5) is 17.9. The molecule has 82 valence electrons. The van der Waals surface area contributed by atoms with E-state index >= 15 is 0 Å². The molecule has 0 bridgehead atoms. The molecule has 2 rings (SSSR count). The van der Waals surface area contributed by atoms with Crippen molar-refractivity contribution in [2.75, 3.05) is 6.54 Å². The van der Waals surface area contributed by atoms with Crippen LogP contribution in [0.1, 0.15) is 26.7 Å². The fourth-order valence-electron chi connectivity index (χ4n) is 2.21. The minimum absolute atomic E-state index is 0.0481. The molecule has 1 fully saturated rings. The number of likely N-dealkylation sites (tertiary alicyclic amines) is 1. The quantitative estimate of drug-likeness (QED) is 0.652. The third-order valence-corrected chi connectivity index (χ3v) is 3.11. The lowest BCUT2D eigenvalue weighted by Gasteiger charge is -2.36. The van der Waals surface area contributed by atoms with Crippen LogP contribution in [0.25, 0.3) is 0 Å². The molecule has 2 atom stereocenters. The lowest BCUT2D eigenvalue weighted by atomic mass is 9.94. The van der Waals surface area contributed by atoms with Crippen LogP contribution >= 0.6 is 0 Å². The lowest BCUT2D eigenvalue weighted by molar-refractivity contribution is 0.141. The van der Waals surface area contributed by atoms with Gasteiger partial charge in [-0.3, -0.25) is 4.57 Å². The molecule has 0 N–H and O–H groups in total. The molecule has 1 aliphatic heterocycles. The molecule has 4 nitrogen and oxygen atoms in total. The molecule has 1 aromatic heterocycles. The van der Waals surface area contributed by atoms with Gasteiger partial charge in [0, 0.05) is 25.0 Å². The Balaban J connectivity index is 2.08. The van der Waals surface area contributed by atoms with Gasteiger partial charge in [-0.25, -0.2) is 9.78 Å². The Labute approximate surface area is 89.9 Å². The highest BCUT2D eigenvalue weighted by molar-refractivity contribution is 5.77. The normalized spacial score (nSPS) is 26.7. The number of hydrogen-bond donors (Lipinski definition) is 0. The first-order valence-corrected chi connectivity index (χ1v) is 5.47. The van der Waals surface area contributed by atoms with E-state index in [0.717, 1.165) is 25.3 Å². The maximum absolute atomic E-state index is 12.0. The second-order valence-corrected chi connectivity index (χ2v) is 4.42. The Kier molecular flexibility index (Phi) is 2.75. The van der Waals surface area contributed by atoms with Gasteiger partial charge in [-0.1, -0.05) is 6.92 Å². The van der Waals surface area contributed by atoms with Gasteiger partial charge in [-0.2, -0.15) is 0 Å². The maximum atomic E-state index is 12.0. The Bertz CT molecular complexity index is 334. The largest absolute Gasteiger partial charge is 0.329 e. The van der Waals surface area contributed by atoms with Crippen LogP contribution in [-0.2, 0) is 0 Å². The van der Waals surface area contributed by atoms with Gasteiger partial charge in [0.1, 0.15) is 6.33 Å². The minimum atomic E-state index is 0.0481. The van der Waals surface area contributed by atoms with E-state index in [1.54, 1.807) is 23.3 Å². The molecule has 4 heteroatoms. The van der Waals surface area contributed by atoms with Crippen molar-refractivity contribution >= 4 is 6.03 Å². The molecule has 2 heterocycles. The number of piperidine rings is 1. The van der Waals surface area contributed by atoms with E-state index in [0.29, 0.717) is 6.04 Å². The molecule has 15 heavy (non-hydrogen) atoms. The number of aromatic nitrogens is 2. The Morgan fingerprint density at radius 3 is 2.87 bits per heavy atom. The molecule has 1 saturated heterocycles. The van der Waals surface area contributed by atoms with E-state index in [4.69, 9.17) is 0 Å². The third kappa shape index (κ3) is 2.03. The summed E-state index contributed by atoms with van der Waals surface area (Å²) in [6.07, 6.45) is 7.10. The number of hydrogen-bond acceptors (Lipinski definition) is 2. The monoisotopic (exact) mass is 207 g/mol. The molecule has 0 aromatic carbocycles. The molecule has 1 amide bonds. The highest BCUT2D eigenvalue weighted by atomic mass is 16.2. The van der Waals surface area contributed by atoms with Crippen LogP contribution in [0, 0.1) is 5.92 Å². The minimum Gasteiger partial charge on any atom is -0.321 e. The molecule has 0 spiro atoms. The predicted octanol–water partition coefficient (Wildman–Crippen LogP) is 1.97. The number of rotatable bonds is 0. The first-order chi connectivity index (χ1) is 7.18. The summed E-state index contributed by atoms with van der Waals surface area (Å²) in [5.41, 5.74) is 0. The van der Waals surface area contributed by atoms with Crippen molar-refractivity contribution < 1.29 is 4.79 Å². The average Bonchev–Trinajstić information content (AvgIpc) is 2.69. The zero-order valence-corrected chi connectivity index (χ0v) is 9.26. The number of amides is 1. The summed E-state index contributed by atoms with van der Waals surface area (Å²) in [5.74, 6) is 0.729. The van der Waals surface area contributed by atoms with E-state index in [1.807, 2.05) is 4.90 Å². The van der Waals surface area contributed by atoms with E-state index in [9.17, 15) is 4.79 Å². The summed E-state index contributed by atoms with van der Waals surface area (Å²) in [7, 11) is 0. The highest BCUT2D eigenvalue weighted by Crippen LogP contribution is 2.22. The van der Waals surface area contributed by atoms with E-state index in [2.05, 4.69) is 18.8 Å². The zero-order chi connectivity index (χ0) is 10.8. The average molecular weight is 207 g/mol. The van der Waals surface area contributed by atoms with Crippen LogP contribution in [-0.4, -0.2) is 33.1 Å². The topological polar surface area (TPSA) is 38.1 Å². The van der Waals surface area contributed by atoms with Crippen LogP contribution in [0.2, 0.25) is 0 Å². The Morgan fingerprint density at radius 1 is 1.47 bits per heavy atom. The number of carbonyl (C=O) groups is 1. The van der Waals surface area contributed by atoms with E-state index in [1.165, 1.54) is 0 Å². The maximum Gasteiger partial charge on any atom is 0.329 e. The van der Waals surface area contributed by atoms with Crippen molar-refractivity contribution in [1.82, 2.24) is 14.5 Å². The van der Waals surface area contributed by atoms with Crippen molar-refractivity contribution in [2.24, 2.45) is 5.92 Å². The van der Waals surface area contributed by atoms with Crippen LogP contribution in [0.5, 0.6) is 0 Å². The zero-order valence-electron chi connectivity index (χ0n) is 9.26. The number of nitrogens with zero attached hydrogens (tertiary/aromatic N) is 3. The van der Waals surface area contributed by atoms with Gasteiger partial charge in [-0.05, 0) is 25.7 Å². The molecular weight excluding hydrogens is 190 g/mol. The molecule has 0 saturated carbocycles. The molecule has 2 unspecified atom stereocenters. The number of carbonyl (C=O) groups excluding carboxylic acids is 1. The number of imidazole rings is 1. The summed E-state index contributed by atoms with van der Waals surface area (Å²) in [5, 5.41) is 0. The van der Waals surface area contributed by atoms with Gasteiger partial charge in [0.25, 0.3) is 0 Å². The smallest absolute Gasteiger partial charge is 0.321 e. The van der Waals surface area contributed by atoms with Crippen molar-refractivity contribution in [3.05, 3.63) is 18.7 Å². The van der Waals surface area contributed by atoms with Crippen LogP contribution in [0.3, 0.4) is 0 Å². The lowest BCUT2D eigenvalue weighted by Crippen LogP contribution is -2.45. The second-order valence-electron chi connectivity index (χ2n) is 4.42. The Morgan fingerprint density at radius 2 is 2.27 bits per heavy atom. The molecule has 1 aromatic rings. The Hall–Kier alpha value is -1.32. The third-order valence-electron chi connectivity index (χ3n) is 3.11. The SMILES string of the molecule is CC1CCN(C(=O)n2ccnc2)C(C)C1. The van der Waals surface area contributed by atoms with Gasteiger partial charge in [-0.15, -0.1) is 0 Å².